The first-order valence-electron chi connectivity index (χ1n) is 7.82. The molecule has 1 aromatic heterocycles. The number of alkyl carbamates (subject to hydrolysis) is 1. The van der Waals surface area contributed by atoms with Gasteiger partial charge in [-0.1, -0.05) is 13.8 Å². The van der Waals surface area contributed by atoms with Crippen molar-refractivity contribution in [3.05, 3.63) is 16.1 Å². The number of hydrogen-bond donors (Lipinski definition) is 2. The summed E-state index contributed by atoms with van der Waals surface area (Å²) < 4.78 is 5.31. The number of hydrogen-bond acceptors (Lipinski definition) is 5. The fourth-order valence-electron chi connectivity index (χ4n) is 2.13. The molecule has 0 radical (unpaired) electrons. The Morgan fingerprint density at radius 3 is 2.41 bits per heavy atom. The molecule has 0 saturated carbocycles. The van der Waals surface area contributed by atoms with E-state index in [1.165, 1.54) is 4.88 Å². The zero-order chi connectivity index (χ0) is 16.8. The van der Waals surface area contributed by atoms with Gasteiger partial charge in [-0.3, -0.25) is 0 Å². The SMILES string of the molecule is CCC(CC)(CNC(=O)OC(C)(C)C)NCc1scnc1C. The minimum absolute atomic E-state index is 0.132. The molecule has 22 heavy (non-hydrogen) atoms. The average molecular weight is 327 g/mol. The van der Waals surface area contributed by atoms with Crippen LogP contribution in [0.4, 0.5) is 4.79 Å². The molecule has 0 bridgehead atoms. The van der Waals surface area contributed by atoms with Gasteiger partial charge in [0.2, 0.25) is 0 Å². The van der Waals surface area contributed by atoms with Crippen LogP contribution in [0.5, 0.6) is 0 Å². The zero-order valence-electron chi connectivity index (χ0n) is 14.6. The molecule has 0 saturated heterocycles. The molecule has 0 unspecified atom stereocenters. The third-order valence-corrected chi connectivity index (χ3v) is 4.73. The van der Waals surface area contributed by atoms with Gasteiger partial charge in [0, 0.05) is 23.5 Å². The van der Waals surface area contributed by atoms with E-state index in [9.17, 15) is 4.79 Å². The lowest BCUT2D eigenvalue weighted by molar-refractivity contribution is 0.0507. The van der Waals surface area contributed by atoms with Gasteiger partial charge in [0.25, 0.3) is 0 Å². The molecule has 1 heterocycles. The predicted molar refractivity (Wildman–Crippen MR) is 91.2 cm³/mol. The molecule has 0 aliphatic carbocycles. The van der Waals surface area contributed by atoms with Crippen molar-refractivity contribution in [1.82, 2.24) is 15.6 Å². The number of ether oxygens (including phenoxy) is 1. The minimum Gasteiger partial charge on any atom is -0.444 e. The standard InChI is InChI=1S/C16H29N3O2S/c1-7-16(8-2,10-17-14(20)21-15(4,5)6)19-9-13-12(3)18-11-22-13/h11,19H,7-10H2,1-6H3,(H,17,20). The highest BCUT2D eigenvalue weighted by Gasteiger charge is 2.27. The molecule has 0 aliphatic rings. The number of thiazole rings is 1. The van der Waals surface area contributed by atoms with Gasteiger partial charge in [0.1, 0.15) is 5.60 Å². The highest BCUT2D eigenvalue weighted by molar-refractivity contribution is 7.09. The smallest absolute Gasteiger partial charge is 0.407 e. The molecule has 0 spiro atoms. The Balaban J connectivity index is 2.59. The summed E-state index contributed by atoms with van der Waals surface area (Å²) in [5.74, 6) is 0. The third kappa shape index (κ3) is 5.93. The van der Waals surface area contributed by atoms with Crippen LogP contribution in [0.1, 0.15) is 58.0 Å². The fraction of sp³-hybridized carbons (Fsp3) is 0.750. The van der Waals surface area contributed by atoms with Gasteiger partial charge in [-0.05, 0) is 40.5 Å². The minimum atomic E-state index is -0.474. The molecule has 0 aliphatic heterocycles. The van der Waals surface area contributed by atoms with Crippen molar-refractivity contribution >= 4 is 17.4 Å². The topological polar surface area (TPSA) is 63.2 Å². The molecule has 126 valence electrons. The van der Waals surface area contributed by atoms with E-state index >= 15 is 0 Å². The van der Waals surface area contributed by atoms with Crippen molar-refractivity contribution in [3.8, 4) is 0 Å². The van der Waals surface area contributed by atoms with Crippen LogP contribution in [0, 0.1) is 6.92 Å². The Morgan fingerprint density at radius 2 is 1.95 bits per heavy atom. The van der Waals surface area contributed by atoms with E-state index in [1.807, 2.05) is 33.2 Å². The highest BCUT2D eigenvalue weighted by atomic mass is 32.1. The second-order valence-corrected chi connectivity index (χ2v) is 7.50. The number of amides is 1. The van der Waals surface area contributed by atoms with Crippen LogP contribution in [0.2, 0.25) is 0 Å². The third-order valence-electron chi connectivity index (χ3n) is 3.79. The van der Waals surface area contributed by atoms with Crippen LogP contribution < -0.4 is 10.6 Å². The summed E-state index contributed by atoms with van der Waals surface area (Å²) >= 11 is 1.66. The van der Waals surface area contributed by atoms with Gasteiger partial charge in [-0.15, -0.1) is 11.3 Å². The maximum Gasteiger partial charge on any atom is 0.407 e. The van der Waals surface area contributed by atoms with Crippen LogP contribution in [0.15, 0.2) is 5.51 Å². The summed E-state index contributed by atoms with van der Waals surface area (Å²) in [7, 11) is 0. The number of aryl methyl sites for hydroxylation is 1. The Kier molecular flexibility index (Phi) is 6.81. The van der Waals surface area contributed by atoms with E-state index in [2.05, 4.69) is 29.5 Å². The molecular weight excluding hydrogens is 298 g/mol. The highest BCUT2D eigenvalue weighted by Crippen LogP contribution is 2.18. The summed E-state index contributed by atoms with van der Waals surface area (Å²) in [4.78, 5) is 17.4. The number of rotatable bonds is 7. The van der Waals surface area contributed by atoms with Crippen LogP contribution in [-0.4, -0.2) is 28.8 Å². The number of nitrogens with one attached hydrogen (secondary N) is 2. The van der Waals surface area contributed by atoms with Crippen LogP contribution in [0.3, 0.4) is 0 Å². The average Bonchev–Trinajstić information content (AvgIpc) is 2.83. The molecule has 1 amide bonds. The van der Waals surface area contributed by atoms with Gasteiger partial charge in [0.15, 0.2) is 0 Å². The van der Waals surface area contributed by atoms with Crippen LogP contribution in [0.25, 0.3) is 0 Å². The molecule has 1 aromatic rings. The van der Waals surface area contributed by atoms with Gasteiger partial charge in [-0.25, -0.2) is 9.78 Å². The van der Waals surface area contributed by atoms with E-state index in [-0.39, 0.29) is 11.6 Å². The Labute approximate surface area is 137 Å². The molecule has 0 atom stereocenters. The lowest BCUT2D eigenvalue weighted by Crippen LogP contribution is -2.53. The first kappa shape index (κ1) is 18.9. The Hall–Kier alpha value is -1.14. The fourth-order valence-corrected chi connectivity index (χ4v) is 2.85. The largest absolute Gasteiger partial charge is 0.444 e. The van der Waals surface area contributed by atoms with Crippen LogP contribution >= 0.6 is 11.3 Å². The molecule has 0 fully saturated rings. The molecule has 5 nitrogen and oxygen atoms in total. The zero-order valence-corrected chi connectivity index (χ0v) is 15.4. The monoisotopic (exact) mass is 327 g/mol. The summed E-state index contributed by atoms with van der Waals surface area (Å²) in [6.45, 7) is 13.2. The van der Waals surface area contributed by atoms with Crippen molar-refractivity contribution < 1.29 is 9.53 Å². The van der Waals surface area contributed by atoms with Gasteiger partial charge in [0.05, 0.1) is 11.2 Å². The van der Waals surface area contributed by atoms with Crippen molar-refractivity contribution in [2.75, 3.05) is 6.54 Å². The first-order valence-corrected chi connectivity index (χ1v) is 8.70. The second-order valence-electron chi connectivity index (χ2n) is 6.56. The molecule has 1 rings (SSSR count). The summed E-state index contributed by atoms with van der Waals surface area (Å²) in [6.07, 6.45) is 1.49. The number of carbonyl (C=O) groups excluding carboxylic acids is 1. The van der Waals surface area contributed by atoms with E-state index in [0.717, 1.165) is 25.1 Å². The first-order chi connectivity index (χ1) is 10.2. The lowest BCUT2D eigenvalue weighted by atomic mass is 9.92. The number of aromatic nitrogens is 1. The van der Waals surface area contributed by atoms with E-state index in [4.69, 9.17) is 4.74 Å². The Bertz CT molecular complexity index is 476. The summed E-state index contributed by atoms with van der Waals surface area (Å²) in [6, 6.07) is 0. The normalized spacial score (nSPS) is 12.3. The second kappa shape index (κ2) is 7.92. The Morgan fingerprint density at radius 1 is 1.32 bits per heavy atom. The molecule has 0 aromatic carbocycles. The maximum atomic E-state index is 11.9. The molecule has 2 N–H and O–H groups in total. The van der Waals surface area contributed by atoms with Crippen molar-refractivity contribution in [1.29, 1.82) is 0 Å². The van der Waals surface area contributed by atoms with E-state index < -0.39 is 5.60 Å². The molecular formula is C16H29N3O2S. The van der Waals surface area contributed by atoms with Gasteiger partial charge in [-0.2, -0.15) is 0 Å². The van der Waals surface area contributed by atoms with Gasteiger partial charge >= 0.3 is 6.09 Å². The number of nitrogens with zero attached hydrogens (tertiary/aromatic N) is 1. The van der Waals surface area contributed by atoms with Crippen LogP contribution in [-0.2, 0) is 11.3 Å². The lowest BCUT2D eigenvalue weighted by Gasteiger charge is -2.33. The molecule has 6 heteroatoms. The van der Waals surface area contributed by atoms with Crippen molar-refractivity contribution in [3.63, 3.8) is 0 Å². The summed E-state index contributed by atoms with van der Waals surface area (Å²) in [5, 5.41) is 6.48. The van der Waals surface area contributed by atoms with E-state index in [1.54, 1.807) is 11.3 Å². The summed E-state index contributed by atoms with van der Waals surface area (Å²) in [5.41, 5.74) is 2.33. The van der Waals surface area contributed by atoms with Crippen molar-refractivity contribution in [2.24, 2.45) is 0 Å². The van der Waals surface area contributed by atoms with Crippen molar-refractivity contribution in [2.45, 2.75) is 72.1 Å². The number of carbonyl (C=O) groups is 1. The van der Waals surface area contributed by atoms with Gasteiger partial charge < -0.3 is 15.4 Å². The maximum absolute atomic E-state index is 11.9. The quantitative estimate of drug-likeness (QED) is 0.803. The predicted octanol–water partition coefficient (Wildman–Crippen LogP) is 3.62. The van der Waals surface area contributed by atoms with E-state index in [0.29, 0.717) is 6.54 Å².